The summed E-state index contributed by atoms with van der Waals surface area (Å²) in [6, 6.07) is 63.4. The Morgan fingerprint density at radius 2 is 0.736 bits per heavy atom. The topological polar surface area (TPSA) is 9.86 Å². The van der Waals surface area contributed by atoms with Crippen LogP contribution in [-0.2, 0) is 5.41 Å². The normalized spacial score (nSPS) is 13.6. The van der Waals surface area contributed by atoms with Crippen molar-refractivity contribution in [2.24, 2.45) is 0 Å². The number of nitrogens with zero attached hydrogens (tertiary/aromatic N) is 2. The van der Waals surface area contributed by atoms with Crippen LogP contribution >= 0.6 is 0 Å². The maximum atomic E-state index is 2.49. The van der Waals surface area contributed by atoms with Gasteiger partial charge in [0.05, 0.1) is 22.1 Å². The lowest BCUT2D eigenvalue weighted by atomic mass is 9.82. The fraction of sp³-hybridized carbons (Fsp3) is 0.0588. The lowest BCUT2D eigenvalue weighted by Gasteiger charge is -2.21. The lowest BCUT2D eigenvalue weighted by Crippen LogP contribution is -2.14. The summed E-state index contributed by atoms with van der Waals surface area (Å²) in [6.07, 6.45) is 0. The Hall–Kier alpha value is -6.64. The van der Waals surface area contributed by atoms with E-state index in [1.54, 1.807) is 0 Å². The van der Waals surface area contributed by atoms with Gasteiger partial charge in [0.25, 0.3) is 0 Å². The van der Waals surface area contributed by atoms with Crippen LogP contribution < -0.4 is 0 Å². The van der Waals surface area contributed by atoms with Crippen molar-refractivity contribution >= 4 is 75.9 Å². The van der Waals surface area contributed by atoms with Crippen molar-refractivity contribution in [2.45, 2.75) is 19.3 Å². The van der Waals surface area contributed by atoms with Crippen LogP contribution in [0.3, 0.4) is 0 Å². The SMILES string of the molecule is CC1(C)c2ccccc2-c2cc3c4ccccc4n(-c4ccc5c6ccc(-n7c8ccccc8c8ccccc87)cc6c6ccccc6c5c4)c3cc21. The number of fused-ring (bicyclic) bond motifs is 15. The molecule has 2 heterocycles. The van der Waals surface area contributed by atoms with Crippen molar-refractivity contribution in [3.8, 4) is 22.5 Å². The van der Waals surface area contributed by atoms with Crippen LogP contribution in [0.4, 0.5) is 0 Å². The molecule has 1 aliphatic rings. The van der Waals surface area contributed by atoms with Crippen LogP contribution in [0.2, 0.25) is 0 Å². The van der Waals surface area contributed by atoms with Crippen LogP contribution in [0.15, 0.2) is 170 Å². The van der Waals surface area contributed by atoms with Gasteiger partial charge in [0.1, 0.15) is 0 Å². The van der Waals surface area contributed by atoms with Crippen LogP contribution in [0.1, 0.15) is 25.0 Å². The molecule has 0 saturated heterocycles. The molecule has 2 aromatic heterocycles. The Labute approximate surface area is 306 Å². The Morgan fingerprint density at radius 1 is 0.302 bits per heavy atom. The molecule has 9 aromatic carbocycles. The third-order valence-corrected chi connectivity index (χ3v) is 12.3. The molecule has 0 unspecified atom stereocenters. The van der Waals surface area contributed by atoms with Gasteiger partial charge in [-0.05, 0) is 109 Å². The first-order chi connectivity index (χ1) is 26.1. The maximum Gasteiger partial charge on any atom is 0.0544 e. The minimum atomic E-state index is -0.0714. The molecule has 1 aliphatic carbocycles. The minimum absolute atomic E-state index is 0.0714. The quantitative estimate of drug-likeness (QED) is 0.162. The van der Waals surface area contributed by atoms with E-state index in [9.17, 15) is 0 Å². The van der Waals surface area contributed by atoms with Crippen molar-refractivity contribution in [3.63, 3.8) is 0 Å². The van der Waals surface area contributed by atoms with E-state index in [0.29, 0.717) is 0 Å². The van der Waals surface area contributed by atoms with Gasteiger partial charge in [0.2, 0.25) is 0 Å². The Morgan fingerprint density at radius 3 is 1.30 bits per heavy atom. The van der Waals surface area contributed by atoms with Crippen molar-refractivity contribution in [1.82, 2.24) is 9.13 Å². The molecule has 12 rings (SSSR count). The molecule has 0 fully saturated rings. The molecular weight excluding hydrogens is 641 g/mol. The fourth-order valence-corrected chi connectivity index (χ4v) is 9.85. The molecule has 0 saturated carbocycles. The predicted octanol–water partition coefficient (Wildman–Crippen LogP) is 13.6. The molecule has 0 amide bonds. The maximum absolute atomic E-state index is 2.49. The van der Waals surface area contributed by atoms with Gasteiger partial charge < -0.3 is 9.13 Å². The van der Waals surface area contributed by atoms with E-state index in [1.807, 2.05) is 0 Å². The van der Waals surface area contributed by atoms with Crippen LogP contribution in [-0.4, -0.2) is 9.13 Å². The molecule has 0 spiro atoms. The third kappa shape index (κ3) is 3.77. The number of benzene rings is 9. The number of hydrogen-bond acceptors (Lipinski definition) is 0. The minimum Gasteiger partial charge on any atom is -0.309 e. The summed E-state index contributed by atoms with van der Waals surface area (Å²) in [7, 11) is 0. The first-order valence-corrected chi connectivity index (χ1v) is 18.6. The highest BCUT2D eigenvalue weighted by Gasteiger charge is 2.36. The molecule has 53 heavy (non-hydrogen) atoms. The van der Waals surface area contributed by atoms with Crippen molar-refractivity contribution in [3.05, 3.63) is 181 Å². The van der Waals surface area contributed by atoms with E-state index in [0.717, 1.165) is 0 Å². The van der Waals surface area contributed by atoms with Gasteiger partial charge in [-0.15, -0.1) is 0 Å². The summed E-state index contributed by atoms with van der Waals surface area (Å²) in [4.78, 5) is 0. The van der Waals surface area contributed by atoms with Crippen LogP contribution in [0, 0.1) is 0 Å². The van der Waals surface area contributed by atoms with E-state index in [-0.39, 0.29) is 5.41 Å². The number of rotatable bonds is 2. The molecule has 11 aromatic rings. The van der Waals surface area contributed by atoms with Gasteiger partial charge in [0.15, 0.2) is 0 Å². The van der Waals surface area contributed by atoms with Gasteiger partial charge in [-0.1, -0.05) is 129 Å². The number of aromatic nitrogens is 2. The first-order valence-electron chi connectivity index (χ1n) is 18.6. The smallest absolute Gasteiger partial charge is 0.0544 e. The third-order valence-electron chi connectivity index (χ3n) is 12.3. The van der Waals surface area contributed by atoms with E-state index in [2.05, 4.69) is 193 Å². The highest BCUT2D eigenvalue weighted by Crippen LogP contribution is 2.51. The summed E-state index contributed by atoms with van der Waals surface area (Å²) in [5.74, 6) is 0. The Bertz CT molecular complexity index is 3300. The van der Waals surface area contributed by atoms with E-state index < -0.39 is 0 Å². The second-order valence-electron chi connectivity index (χ2n) is 15.3. The molecule has 0 aliphatic heterocycles. The Kier molecular flexibility index (Phi) is 5.60. The molecule has 2 heteroatoms. The van der Waals surface area contributed by atoms with E-state index >= 15 is 0 Å². The van der Waals surface area contributed by atoms with Gasteiger partial charge in [-0.2, -0.15) is 0 Å². The molecule has 0 bridgehead atoms. The van der Waals surface area contributed by atoms with Gasteiger partial charge in [-0.3, -0.25) is 0 Å². The summed E-state index contributed by atoms with van der Waals surface area (Å²) in [6.45, 7) is 4.74. The molecular formula is C51H34N2. The standard InChI is InChI=1S/C51H34N2/c1-51(2)45-19-9-5-15-37(45)43-29-44-40-18-8-12-22-49(40)53(50(44)30-46(43)51)32-24-26-36-35-25-23-31(27-41(35)33-13-3-4-14-34(33)42(36)28-32)52-47-20-10-6-16-38(47)39-17-7-11-21-48(39)52/h3-30H,1-2H3. The van der Waals surface area contributed by atoms with Crippen molar-refractivity contribution in [1.29, 1.82) is 0 Å². The van der Waals surface area contributed by atoms with Crippen molar-refractivity contribution < 1.29 is 0 Å². The second-order valence-corrected chi connectivity index (χ2v) is 15.3. The molecule has 248 valence electrons. The highest BCUT2D eigenvalue weighted by molar-refractivity contribution is 6.26. The zero-order valence-electron chi connectivity index (χ0n) is 29.6. The second kappa shape index (κ2) is 10.2. The molecule has 0 N–H and O–H groups in total. The predicted molar refractivity (Wildman–Crippen MR) is 225 cm³/mol. The average molecular weight is 675 g/mol. The molecule has 0 radical (unpaired) electrons. The van der Waals surface area contributed by atoms with E-state index in [4.69, 9.17) is 0 Å². The largest absolute Gasteiger partial charge is 0.309 e. The fourth-order valence-electron chi connectivity index (χ4n) is 9.85. The zero-order valence-corrected chi connectivity index (χ0v) is 29.6. The highest BCUT2D eigenvalue weighted by atomic mass is 15.0. The number of para-hydroxylation sites is 3. The van der Waals surface area contributed by atoms with Crippen LogP contribution in [0.5, 0.6) is 0 Å². The van der Waals surface area contributed by atoms with Gasteiger partial charge >= 0.3 is 0 Å². The van der Waals surface area contributed by atoms with Gasteiger partial charge in [0, 0.05) is 38.3 Å². The van der Waals surface area contributed by atoms with Gasteiger partial charge in [-0.25, -0.2) is 0 Å². The lowest BCUT2D eigenvalue weighted by molar-refractivity contribution is 0.661. The average Bonchev–Trinajstić information content (AvgIpc) is 3.80. The van der Waals surface area contributed by atoms with E-state index in [1.165, 1.54) is 110 Å². The summed E-state index contributed by atoms with van der Waals surface area (Å²) in [5, 5.41) is 12.8. The summed E-state index contributed by atoms with van der Waals surface area (Å²) >= 11 is 0. The monoisotopic (exact) mass is 674 g/mol. The first kappa shape index (κ1) is 29.0. The molecule has 0 atom stereocenters. The number of hydrogen-bond donors (Lipinski definition) is 0. The Balaban J connectivity index is 1.12. The summed E-state index contributed by atoms with van der Waals surface area (Å²) < 4.78 is 4.92. The zero-order chi connectivity index (χ0) is 35.0. The molecule has 2 nitrogen and oxygen atoms in total. The van der Waals surface area contributed by atoms with Crippen molar-refractivity contribution in [2.75, 3.05) is 0 Å². The summed E-state index contributed by atoms with van der Waals surface area (Å²) in [5.41, 5.74) is 12.8. The van der Waals surface area contributed by atoms with Crippen LogP contribution in [0.25, 0.3) is 98.4 Å².